The smallest absolute Gasteiger partial charge is 0.244 e. The van der Waals surface area contributed by atoms with Gasteiger partial charge in [0.05, 0.1) is 7.11 Å². The van der Waals surface area contributed by atoms with Crippen molar-refractivity contribution in [3.63, 3.8) is 0 Å². The number of benzene rings is 1. The van der Waals surface area contributed by atoms with Crippen molar-refractivity contribution in [2.75, 3.05) is 25.6 Å². The summed E-state index contributed by atoms with van der Waals surface area (Å²) in [7, 11) is 1.62. The Morgan fingerprint density at radius 2 is 2.11 bits per heavy atom. The van der Waals surface area contributed by atoms with Crippen LogP contribution in [0.4, 0.5) is 5.69 Å². The Labute approximate surface area is 113 Å². The summed E-state index contributed by atoms with van der Waals surface area (Å²) in [5.74, 6) is 0.645. The maximum absolute atomic E-state index is 12.2. The van der Waals surface area contributed by atoms with E-state index >= 15 is 0 Å². The van der Waals surface area contributed by atoms with Crippen LogP contribution < -0.4 is 15.8 Å². The highest BCUT2D eigenvalue weighted by Gasteiger charge is 2.35. The van der Waals surface area contributed by atoms with Gasteiger partial charge >= 0.3 is 0 Å². The lowest BCUT2D eigenvalue weighted by molar-refractivity contribution is -0.124. The second-order valence-corrected chi connectivity index (χ2v) is 4.91. The lowest BCUT2D eigenvalue weighted by Crippen LogP contribution is -2.54. The summed E-state index contributed by atoms with van der Waals surface area (Å²) in [6.45, 7) is 3.00. The second kappa shape index (κ2) is 5.59. The van der Waals surface area contributed by atoms with Crippen LogP contribution in [0.5, 0.6) is 5.75 Å². The highest BCUT2D eigenvalue weighted by atomic mass is 16.5. The first-order chi connectivity index (χ1) is 9.05. The van der Waals surface area contributed by atoms with Gasteiger partial charge in [-0.05, 0) is 43.5 Å². The largest absolute Gasteiger partial charge is 0.496 e. The van der Waals surface area contributed by atoms with E-state index in [1.807, 2.05) is 25.1 Å². The van der Waals surface area contributed by atoms with Gasteiger partial charge in [0.2, 0.25) is 5.91 Å². The summed E-state index contributed by atoms with van der Waals surface area (Å²) >= 11 is 0. The van der Waals surface area contributed by atoms with E-state index in [-0.39, 0.29) is 5.91 Å². The second-order valence-electron chi connectivity index (χ2n) is 4.91. The third kappa shape index (κ3) is 3.05. The van der Waals surface area contributed by atoms with Crippen molar-refractivity contribution >= 4 is 11.6 Å². The number of anilines is 1. The molecular weight excluding hydrogens is 244 g/mol. The minimum absolute atomic E-state index is 0.152. The SMILES string of the molecule is COc1ccc(NC(=O)C2(N)CCOCC2)cc1C. The lowest BCUT2D eigenvalue weighted by atomic mass is 9.90. The molecule has 0 aromatic heterocycles. The van der Waals surface area contributed by atoms with Crippen LogP contribution >= 0.6 is 0 Å². The molecule has 104 valence electrons. The molecule has 1 aliphatic heterocycles. The Hall–Kier alpha value is -1.59. The van der Waals surface area contributed by atoms with E-state index < -0.39 is 5.54 Å². The van der Waals surface area contributed by atoms with Crippen LogP contribution in [0.2, 0.25) is 0 Å². The van der Waals surface area contributed by atoms with Crippen LogP contribution in [0, 0.1) is 6.92 Å². The van der Waals surface area contributed by atoms with E-state index in [9.17, 15) is 4.79 Å². The van der Waals surface area contributed by atoms with Gasteiger partial charge in [-0.2, -0.15) is 0 Å². The van der Waals surface area contributed by atoms with Gasteiger partial charge in [-0.15, -0.1) is 0 Å². The third-order valence-corrected chi connectivity index (χ3v) is 3.49. The molecule has 0 unspecified atom stereocenters. The van der Waals surface area contributed by atoms with Crippen LogP contribution in [0.3, 0.4) is 0 Å². The highest BCUT2D eigenvalue weighted by molar-refractivity contribution is 5.98. The van der Waals surface area contributed by atoms with Gasteiger partial charge < -0.3 is 20.5 Å². The fraction of sp³-hybridized carbons (Fsp3) is 0.500. The fourth-order valence-corrected chi connectivity index (χ4v) is 2.17. The number of hydrogen-bond acceptors (Lipinski definition) is 4. The van der Waals surface area contributed by atoms with Crippen molar-refractivity contribution in [2.24, 2.45) is 5.73 Å². The molecule has 5 nitrogen and oxygen atoms in total. The van der Waals surface area contributed by atoms with Gasteiger partial charge in [0.25, 0.3) is 0 Å². The Kier molecular flexibility index (Phi) is 4.07. The Morgan fingerprint density at radius 3 is 2.68 bits per heavy atom. The number of carbonyl (C=O) groups excluding carboxylic acids is 1. The normalized spacial score (nSPS) is 17.8. The molecule has 3 N–H and O–H groups in total. The first-order valence-electron chi connectivity index (χ1n) is 6.38. The van der Waals surface area contributed by atoms with E-state index in [0.29, 0.717) is 26.1 Å². The Bertz CT molecular complexity index is 468. The zero-order valence-electron chi connectivity index (χ0n) is 11.4. The van der Waals surface area contributed by atoms with Gasteiger partial charge in [0, 0.05) is 18.9 Å². The molecule has 0 saturated carbocycles. The maximum Gasteiger partial charge on any atom is 0.244 e. The van der Waals surface area contributed by atoms with Crippen LogP contribution in [0.1, 0.15) is 18.4 Å². The number of methoxy groups -OCH3 is 1. The molecule has 1 aliphatic rings. The van der Waals surface area contributed by atoms with E-state index in [2.05, 4.69) is 5.32 Å². The molecule has 1 saturated heterocycles. The maximum atomic E-state index is 12.2. The summed E-state index contributed by atoms with van der Waals surface area (Å²) in [5, 5.41) is 2.87. The predicted octanol–water partition coefficient (Wildman–Crippen LogP) is 1.45. The predicted molar refractivity (Wildman–Crippen MR) is 73.3 cm³/mol. The quantitative estimate of drug-likeness (QED) is 0.866. The van der Waals surface area contributed by atoms with Crippen molar-refractivity contribution < 1.29 is 14.3 Å². The van der Waals surface area contributed by atoms with Gasteiger partial charge in [0.15, 0.2) is 0 Å². The van der Waals surface area contributed by atoms with Crippen LogP contribution in [0.15, 0.2) is 18.2 Å². The summed E-state index contributed by atoms with van der Waals surface area (Å²) in [5.41, 5.74) is 7.01. The van der Waals surface area contributed by atoms with Crippen molar-refractivity contribution in [3.05, 3.63) is 23.8 Å². The van der Waals surface area contributed by atoms with E-state index in [1.54, 1.807) is 7.11 Å². The molecule has 0 spiro atoms. The van der Waals surface area contributed by atoms with E-state index in [4.69, 9.17) is 15.2 Å². The summed E-state index contributed by atoms with van der Waals surface area (Å²) in [6.07, 6.45) is 1.10. The number of rotatable bonds is 3. The van der Waals surface area contributed by atoms with Crippen molar-refractivity contribution in [1.29, 1.82) is 0 Å². The molecule has 1 fully saturated rings. The molecule has 19 heavy (non-hydrogen) atoms. The highest BCUT2D eigenvalue weighted by Crippen LogP contribution is 2.24. The van der Waals surface area contributed by atoms with Gasteiger partial charge in [-0.3, -0.25) is 4.79 Å². The van der Waals surface area contributed by atoms with Gasteiger partial charge in [-0.1, -0.05) is 0 Å². The molecule has 2 rings (SSSR count). The molecule has 0 radical (unpaired) electrons. The minimum Gasteiger partial charge on any atom is -0.496 e. The topological polar surface area (TPSA) is 73.6 Å². The van der Waals surface area contributed by atoms with Crippen molar-refractivity contribution in [3.8, 4) is 5.75 Å². The monoisotopic (exact) mass is 264 g/mol. The third-order valence-electron chi connectivity index (χ3n) is 3.49. The fourth-order valence-electron chi connectivity index (χ4n) is 2.17. The molecule has 5 heteroatoms. The van der Waals surface area contributed by atoms with E-state index in [1.165, 1.54) is 0 Å². The Balaban J connectivity index is 2.08. The minimum atomic E-state index is -0.827. The molecule has 0 aliphatic carbocycles. The zero-order valence-corrected chi connectivity index (χ0v) is 11.4. The van der Waals surface area contributed by atoms with Crippen LogP contribution in [-0.4, -0.2) is 31.8 Å². The summed E-state index contributed by atoms with van der Waals surface area (Å²) in [6, 6.07) is 5.52. The van der Waals surface area contributed by atoms with Gasteiger partial charge in [-0.25, -0.2) is 0 Å². The standard InChI is InChI=1S/C14H20N2O3/c1-10-9-11(3-4-12(10)18-2)16-13(17)14(15)5-7-19-8-6-14/h3-4,9H,5-8,15H2,1-2H3,(H,16,17). The molecule has 0 atom stereocenters. The number of nitrogens with one attached hydrogen (secondary N) is 1. The molecule has 1 aromatic rings. The number of amides is 1. The average Bonchev–Trinajstić information content (AvgIpc) is 2.40. The zero-order chi connectivity index (χ0) is 13.9. The van der Waals surface area contributed by atoms with Crippen LogP contribution in [0.25, 0.3) is 0 Å². The number of aryl methyl sites for hydroxylation is 1. The molecule has 1 amide bonds. The number of nitrogens with two attached hydrogens (primary N) is 1. The first-order valence-corrected chi connectivity index (χ1v) is 6.38. The summed E-state index contributed by atoms with van der Waals surface area (Å²) < 4.78 is 10.4. The summed E-state index contributed by atoms with van der Waals surface area (Å²) in [4.78, 5) is 12.2. The number of ether oxygens (including phenoxy) is 2. The molecule has 1 heterocycles. The van der Waals surface area contributed by atoms with Gasteiger partial charge in [0.1, 0.15) is 11.3 Å². The van der Waals surface area contributed by atoms with Crippen molar-refractivity contribution in [1.82, 2.24) is 0 Å². The number of hydrogen-bond donors (Lipinski definition) is 2. The van der Waals surface area contributed by atoms with E-state index in [0.717, 1.165) is 17.0 Å². The van der Waals surface area contributed by atoms with Crippen LogP contribution in [-0.2, 0) is 9.53 Å². The first kappa shape index (κ1) is 13.8. The average molecular weight is 264 g/mol. The molecule has 0 bridgehead atoms. The lowest BCUT2D eigenvalue weighted by Gasteiger charge is -2.31. The number of carbonyl (C=O) groups is 1. The molecular formula is C14H20N2O3. The molecule has 1 aromatic carbocycles. The van der Waals surface area contributed by atoms with Crippen molar-refractivity contribution in [2.45, 2.75) is 25.3 Å². The Morgan fingerprint density at radius 1 is 1.42 bits per heavy atom.